The maximum Gasteiger partial charge on any atom is 0.257 e. The smallest absolute Gasteiger partial charge is 0.257 e. The minimum absolute atomic E-state index is 0.106. The van der Waals surface area contributed by atoms with Gasteiger partial charge in [0.1, 0.15) is 0 Å². The third-order valence-electron chi connectivity index (χ3n) is 1.56. The molecule has 0 saturated carbocycles. The van der Waals surface area contributed by atoms with E-state index in [-0.39, 0.29) is 6.54 Å². The van der Waals surface area contributed by atoms with Gasteiger partial charge in [0, 0.05) is 6.54 Å². The standard InChI is InChI=1S/C7H13ClFNO/c1-3-10(4-2)5-6(9)7(8)11/h6H,3-5H2,1-2H3. The lowest BCUT2D eigenvalue weighted by Gasteiger charge is -2.18. The molecule has 0 heterocycles. The molecule has 11 heavy (non-hydrogen) atoms. The van der Waals surface area contributed by atoms with Crippen LogP contribution in [0.5, 0.6) is 0 Å². The highest BCUT2D eigenvalue weighted by molar-refractivity contribution is 6.64. The van der Waals surface area contributed by atoms with E-state index in [0.717, 1.165) is 13.1 Å². The molecule has 1 unspecified atom stereocenters. The highest BCUT2D eigenvalue weighted by Crippen LogP contribution is 2.00. The van der Waals surface area contributed by atoms with Gasteiger partial charge in [-0.3, -0.25) is 4.79 Å². The van der Waals surface area contributed by atoms with Crippen molar-refractivity contribution in [3.8, 4) is 0 Å². The van der Waals surface area contributed by atoms with Gasteiger partial charge in [0.05, 0.1) is 0 Å². The molecule has 1 atom stereocenters. The average Bonchev–Trinajstić information content (AvgIpc) is 1.99. The summed E-state index contributed by atoms with van der Waals surface area (Å²) in [5, 5.41) is -0.906. The van der Waals surface area contributed by atoms with Gasteiger partial charge < -0.3 is 4.90 Å². The van der Waals surface area contributed by atoms with E-state index in [2.05, 4.69) is 0 Å². The second-order valence-corrected chi connectivity index (χ2v) is 2.63. The minimum Gasteiger partial charge on any atom is -0.300 e. The normalized spacial score (nSPS) is 13.5. The van der Waals surface area contributed by atoms with E-state index >= 15 is 0 Å². The van der Waals surface area contributed by atoms with Crippen molar-refractivity contribution in [1.82, 2.24) is 4.90 Å². The Hall–Kier alpha value is -0.150. The SMILES string of the molecule is CCN(CC)CC(F)C(=O)Cl. The quantitative estimate of drug-likeness (QED) is 0.599. The van der Waals surface area contributed by atoms with E-state index < -0.39 is 11.4 Å². The van der Waals surface area contributed by atoms with E-state index in [1.807, 2.05) is 18.7 Å². The van der Waals surface area contributed by atoms with Crippen LogP contribution in [0.25, 0.3) is 0 Å². The molecule has 0 aromatic carbocycles. The molecular formula is C7H13ClFNO. The van der Waals surface area contributed by atoms with Gasteiger partial charge in [-0.1, -0.05) is 13.8 Å². The van der Waals surface area contributed by atoms with Crippen LogP contribution < -0.4 is 0 Å². The summed E-state index contributed by atoms with van der Waals surface area (Å²) in [6, 6.07) is 0. The van der Waals surface area contributed by atoms with E-state index in [1.165, 1.54) is 0 Å². The van der Waals surface area contributed by atoms with Gasteiger partial charge in [-0.2, -0.15) is 0 Å². The van der Waals surface area contributed by atoms with E-state index in [4.69, 9.17) is 11.6 Å². The summed E-state index contributed by atoms with van der Waals surface area (Å²) in [4.78, 5) is 12.1. The maximum absolute atomic E-state index is 12.6. The Morgan fingerprint density at radius 3 is 2.27 bits per heavy atom. The number of alkyl halides is 1. The second-order valence-electron chi connectivity index (χ2n) is 2.26. The second kappa shape index (κ2) is 5.49. The Kier molecular flexibility index (Phi) is 5.42. The highest BCUT2D eigenvalue weighted by Gasteiger charge is 2.16. The van der Waals surface area contributed by atoms with Crippen molar-refractivity contribution in [2.45, 2.75) is 20.0 Å². The summed E-state index contributed by atoms with van der Waals surface area (Å²) in [7, 11) is 0. The molecule has 0 bridgehead atoms. The Morgan fingerprint density at radius 1 is 1.55 bits per heavy atom. The zero-order chi connectivity index (χ0) is 8.85. The van der Waals surface area contributed by atoms with Crippen LogP contribution >= 0.6 is 11.6 Å². The van der Waals surface area contributed by atoms with Gasteiger partial charge in [-0.05, 0) is 24.7 Å². The van der Waals surface area contributed by atoms with Crippen LogP contribution in [0.15, 0.2) is 0 Å². The molecule has 4 heteroatoms. The fourth-order valence-electron chi connectivity index (χ4n) is 0.780. The lowest BCUT2D eigenvalue weighted by atomic mass is 10.3. The zero-order valence-corrected chi connectivity index (χ0v) is 7.57. The predicted molar refractivity (Wildman–Crippen MR) is 43.5 cm³/mol. The lowest BCUT2D eigenvalue weighted by Crippen LogP contribution is -2.32. The molecule has 2 nitrogen and oxygen atoms in total. The molecule has 0 aliphatic rings. The van der Waals surface area contributed by atoms with Crippen LogP contribution in [0, 0.1) is 0 Å². The van der Waals surface area contributed by atoms with Crippen LogP contribution in [0.3, 0.4) is 0 Å². The first-order chi connectivity index (χ1) is 5.11. The van der Waals surface area contributed by atoms with E-state index in [9.17, 15) is 9.18 Å². The van der Waals surface area contributed by atoms with Crippen LogP contribution in [-0.2, 0) is 4.79 Å². The van der Waals surface area contributed by atoms with Crippen molar-refractivity contribution in [1.29, 1.82) is 0 Å². The van der Waals surface area contributed by atoms with Crippen molar-refractivity contribution >= 4 is 16.8 Å². The molecule has 0 N–H and O–H groups in total. The molecule has 0 radical (unpaired) electrons. The molecule has 66 valence electrons. The number of carbonyl (C=O) groups is 1. The first-order valence-electron chi connectivity index (χ1n) is 3.67. The molecule has 0 fully saturated rings. The predicted octanol–water partition coefficient (Wildman–Crippen LogP) is 1.43. The van der Waals surface area contributed by atoms with E-state index in [0.29, 0.717) is 0 Å². The first kappa shape index (κ1) is 10.8. The average molecular weight is 182 g/mol. The molecular weight excluding hydrogens is 169 g/mol. The van der Waals surface area contributed by atoms with Crippen molar-refractivity contribution in [2.24, 2.45) is 0 Å². The lowest BCUT2D eigenvalue weighted by molar-refractivity contribution is -0.116. The fourth-order valence-corrected chi connectivity index (χ4v) is 0.849. The number of nitrogens with zero attached hydrogens (tertiary/aromatic N) is 1. The highest BCUT2D eigenvalue weighted by atomic mass is 35.5. The van der Waals surface area contributed by atoms with Crippen molar-refractivity contribution in [3.05, 3.63) is 0 Å². The van der Waals surface area contributed by atoms with Gasteiger partial charge in [-0.25, -0.2) is 4.39 Å². The molecule has 0 spiro atoms. The molecule has 0 amide bonds. The first-order valence-corrected chi connectivity index (χ1v) is 4.05. The van der Waals surface area contributed by atoms with Crippen LogP contribution in [0.1, 0.15) is 13.8 Å². The minimum atomic E-state index is -1.54. The monoisotopic (exact) mass is 181 g/mol. The Morgan fingerprint density at radius 2 is 2.00 bits per heavy atom. The summed E-state index contributed by atoms with van der Waals surface area (Å²) in [6.07, 6.45) is -1.54. The van der Waals surface area contributed by atoms with Crippen molar-refractivity contribution in [3.63, 3.8) is 0 Å². The van der Waals surface area contributed by atoms with Crippen LogP contribution in [-0.4, -0.2) is 35.9 Å². The third kappa shape index (κ3) is 4.32. The molecule has 0 saturated heterocycles. The Balaban J connectivity index is 3.71. The Labute approximate surface area is 71.3 Å². The summed E-state index contributed by atoms with van der Waals surface area (Å²) in [5.41, 5.74) is 0. The maximum atomic E-state index is 12.6. The van der Waals surface area contributed by atoms with E-state index in [1.54, 1.807) is 0 Å². The number of rotatable bonds is 5. The third-order valence-corrected chi connectivity index (χ3v) is 1.80. The van der Waals surface area contributed by atoms with Gasteiger partial charge in [0.2, 0.25) is 0 Å². The zero-order valence-electron chi connectivity index (χ0n) is 6.81. The summed E-state index contributed by atoms with van der Waals surface area (Å²) in [5.74, 6) is 0. The van der Waals surface area contributed by atoms with Gasteiger partial charge in [0.25, 0.3) is 5.24 Å². The van der Waals surface area contributed by atoms with Crippen LogP contribution in [0.2, 0.25) is 0 Å². The largest absolute Gasteiger partial charge is 0.300 e. The van der Waals surface area contributed by atoms with Gasteiger partial charge in [0.15, 0.2) is 6.17 Å². The Bertz CT molecular complexity index is 128. The topological polar surface area (TPSA) is 20.3 Å². The molecule has 0 rings (SSSR count). The van der Waals surface area contributed by atoms with Gasteiger partial charge >= 0.3 is 0 Å². The summed E-state index contributed by atoms with van der Waals surface area (Å²) in [6.45, 7) is 5.40. The molecule has 0 aromatic rings. The number of hydrogen-bond donors (Lipinski definition) is 0. The van der Waals surface area contributed by atoms with Gasteiger partial charge in [-0.15, -0.1) is 0 Å². The fraction of sp³-hybridized carbons (Fsp3) is 0.857. The number of hydrogen-bond acceptors (Lipinski definition) is 2. The molecule has 0 aliphatic carbocycles. The summed E-state index contributed by atoms with van der Waals surface area (Å²) < 4.78 is 12.6. The van der Waals surface area contributed by atoms with Crippen LogP contribution in [0.4, 0.5) is 4.39 Å². The summed E-state index contributed by atoms with van der Waals surface area (Å²) >= 11 is 4.95. The number of carbonyl (C=O) groups excluding carboxylic acids is 1. The number of halogens is 2. The van der Waals surface area contributed by atoms with Crippen molar-refractivity contribution in [2.75, 3.05) is 19.6 Å². The molecule has 0 aromatic heterocycles. The molecule has 0 aliphatic heterocycles. The van der Waals surface area contributed by atoms with Crippen molar-refractivity contribution < 1.29 is 9.18 Å².